The predicted octanol–water partition coefficient (Wildman–Crippen LogP) is 4.17. The van der Waals surface area contributed by atoms with E-state index in [4.69, 9.17) is 18.3 Å². The molecule has 0 aromatic heterocycles. The second-order valence-electron chi connectivity index (χ2n) is 11.8. The van der Waals surface area contributed by atoms with Gasteiger partial charge in [-0.15, -0.1) is 0 Å². The second kappa shape index (κ2) is 12.8. The van der Waals surface area contributed by atoms with E-state index in [0.717, 1.165) is 0 Å². The van der Waals surface area contributed by atoms with Gasteiger partial charge in [0.1, 0.15) is 31.5 Å². The number of rotatable bonds is 12. The van der Waals surface area contributed by atoms with Crippen molar-refractivity contribution in [1.82, 2.24) is 0 Å². The molecule has 34 heavy (non-hydrogen) atoms. The Morgan fingerprint density at radius 1 is 0.824 bits per heavy atom. The third-order valence-electron chi connectivity index (χ3n) is 6.69. The van der Waals surface area contributed by atoms with Crippen LogP contribution in [0.4, 0.5) is 0 Å². The van der Waals surface area contributed by atoms with Gasteiger partial charge in [-0.05, 0) is 42.3 Å². The quantitative estimate of drug-likeness (QED) is 0.224. The molecule has 0 spiro atoms. The molecule has 0 aromatic rings. The molecule has 0 bridgehead atoms. The third kappa shape index (κ3) is 10.7. The van der Waals surface area contributed by atoms with Gasteiger partial charge in [0.05, 0.1) is 6.10 Å². The van der Waals surface area contributed by atoms with Crippen LogP contribution in [-0.2, 0) is 27.9 Å². The summed E-state index contributed by atoms with van der Waals surface area (Å²) in [5.74, 6) is -0.958. The fraction of sp³-hybridized carbons (Fsp3) is 0.833. The van der Waals surface area contributed by atoms with Gasteiger partial charge in [0.15, 0.2) is 16.6 Å². The van der Waals surface area contributed by atoms with Crippen molar-refractivity contribution in [3.8, 4) is 0 Å². The Morgan fingerprint density at radius 2 is 1.26 bits per heavy atom. The van der Waals surface area contributed by atoms with Gasteiger partial charge in [-0.2, -0.15) is 0 Å². The Bertz CT molecular complexity index is 692. The predicted molar refractivity (Wildman–Crippen MR) is 139 cm³/mol. The molecular weight excluding hydrogens is 472 g/mol. The van der Waals surface area contributed by atoms with Crippen molar-refractivity contribution in [2.45, 2.75) is 116 Å². The lowest BCUT2D eigenvalue weighted by molar-refractivity contribution is -0.150. The zero-order valence-electron chi connectivity index (χ0n) is 23.2. The molecule has 0 saturated carbocycles. The minimum Gasteiger partial charge on any atom is -0.463 e. The number of esters is 2. The van der Waals surface area contributed by atoms with Crippen LogP contribution < -0.4 is 0 Å². The maximum absolute atomic E-state index is 11.3. The zero-order valence-corrected chi connectivity index (χ0v) is 25.2. The first-order chi connectivity index (χ1) is 15.1. The van der Waals surface area contributed by atoms with Crippen LogP contribution in [0.5, 0.6) is 0 Å². The summed E-state index contributed by atoms with van der Waals surface area (Å²) in [7, 11) is -4.79. The molecule has 0 heterocycles. The number of ether oxygens (including phenoxy) is 2. The molecule has 4 atom stereocenters. The van der Waals surface area contributed by atoms with Gasteiger partial charge >= 0.3 is 11.9 Å². The van der Waals surface area contributed by atoms with E-state index in [2.05, 4.69) is 67.7 Å². The van der Waals surface area contributed by atoms with Gasteiger partial charge in [-0.25, -0.2) is 0 Å². The van der Waals surface area contributed by atoms with Crippen molar-refractivity contribution in [3.05, 3.63) is 12.2 Å². The molecule has 0 aliphatic carbocycles. The summed E-state index contributed by atoms with van der Waals surface area (Å²) in [4.78, 5) is 22.4. The van der Waals surface area contributed by atoms with E-state index >= 15 is 0 Å². The van der Waals surface area contributed by atoms with E-state index in [1.54, 1.807) is 12.2 Å². The van der Waals surface area contributed by atoms with Crippen LogP contribution in [0.15, 0.2) is 12.2 Å². The molecule has 0 aliphatic rings. The Labute approximate surface area is 208 Å². The SMILES string of the molecule is CC(=O)OC/C=C\[C@H](O[Si](C)(C)C(C)(C)C)[C@@H](O[Si](C)(C)C(C)(C)C)[C@@H](O)[C@H](O)COC(C)=O. The molecule has 0 unspecified atom stereocenters. The first-order valence-corrected chi connectivity index (χ1v) is 17.6. The highest BCUT2D eigenvalue weighted by Crippen LogP contribution is 2.41. The average Bonchev–Trinajstić information content (AvgIpc) is 2.63. The first-order valence-electron chi connectivity index (χ1n) is 11.8. The maximum Gasteiger partial charge on any atom is 0.302 e. The van der Waals surface area contributed by atoms with Crippen molar-refractivity contribution < 1.29 is 38.1 Å². The summed E-state index contributed by atoms with van der Waals surface area (Å²) < 4.78 is 23.2. The van der Waals surface area contributed by atoms with Gasteiger partial charge in [-0.3, -0.25) is 9.59 Å². The van der Waals surface area contributed by atoms with E-state index in [0.29, 0.717) is 0 Å². The summed E-state index contributed by atoms with van der Waals surface area (Å²) in [5.41, 5.74) is 0. The molecule has 0 amide bonds. The van der Waals surface area contributed by atoms with Crippen molar-refractivity contribution in [3.63, 3.8) is 0 Å². The van der Waals surface area contributed by atoms with Crippen molar-refractivity contribution in [2.75, 3.05) is 13.2 Å². The molecule has 2 N–H and O–H groups in total. The lowest BCUT2D eigenvalue weighted by Crippen LogP contribution is -2.57. The van der Waals surface area contributed by atoms with Crippen LogP contribution >= 0.6 is 0 Å². The Morgan fingerprint density at radius 3 is 1.68 bits per heavy atom. The van der Waals surface area contributed by atoms with Crippen LogP contribution in [-0.4, -0.2) is 76.4 Å². The Hall–Kier alpha value is -1.05. The first kappa shape index (κ1) is 33.0. The lowest BCUT2D eigenvalue weighted by atomic mass is 10.0. The molecule has 0 rings (SSSR count). The smallest absolute Gasteiger partial charge is 0.302 e. The van der Waals surface area contributed by atoms with Crippen LogP contribution in [0.25, 0.3) is 0 Å². The Kier molecular flexibility index (Phi) is 12.4. The number of carbonyl (C=O) groups excluding carboxylic acids is 2. The monoisotopic (exact) mass is 520 g/mol. The fourth-order valence-corrected chi connectivity index (χ4v) is 5.01. The van der Waals surface area contributed by atoms with E-state index < -0.39 is 53.0 Å². The van der Waals surface area contributed by atoms with E-state index in [1.807, 2.05) is 0 Å². The molecule has 10 heteroatoms. The number of carbonyl (C=O) groups is 2. The van der Waals surface area contributed by atoms with E-state index in [-0.39, 0.29) is 23.3 Å². The zero-order chi connectivity index (χ0) is 27.1. The van der Waals surface area contributed by atoms with Crippen LogP contribution in [0.3, 0.4) is 0 Å². The van der Waals surface area contributed by atoms with Gasteiger partial charge in [0.2, 0.25) is 0 Å². The standard InChI is InChI=1S/C24H48O8Si2/c1-17(25)29-15-13-14-20(31-33(9,10)23(3,4)5)22(32-34(11,12)24(6,7)8)21(28)19(27)16-30-18(2)26/h13-14,19-22,27-28H,15-16H2,1-12H3/b14-13-/t19-,20+,21+,22-/m1/s1. The molecule has 0 radical (unpaired) electrons. The van der Waals surface area contributed by atoms with E-state index in [9.17, 15) is 19.8 Å². The summed E-state index contributed by atoms with van der Waals surface area (Å²) in [6.45, 7) is 23.1. The highest BCUT2D eigenvalue weighted by molar-refractivity contribution is 6.74. The minimum absolute atomic E-state index is 0.0472. The summed E-state index contributed by atoms with van der Waals surface area (Å²) in [6.07, 6.45) is -1.04. The highest BCUT2D eigenvalue weighted by atomic mass is 28.4. The summed E-state index contributed by atoms with van der Waals surface area (Å²) >= 11 is 0. The highest BCUT2D eigenvalue weighted by Gasteiger charge is 2.47. The Balaban J connectivity index is 6.35. The third-order valence-corrected chi connectivity index (χ3v) is 15.6. The van der Waals surface area contributed by atoms with Crippen molar-refractivity contribution in [2.24, 2.45) is 0 Å². The maximum atomic E-state index is 11.3. The topological polar surface area (TPSA) is 112 Å². The van der Waals surface area contributed by atoms with Crippen LogP contribution in [0.2, 0.25) is 36.3 Å². The minimum atomic E-state index is -2.43. The molecule has 0 aliphatic heterocycles. The fourth-order valence-electron chi connectivity index (χ4n) is 2.46. The molecule has 200 valence electrons. The summed E-state index contributed by atoms with van der Waals surface area (Å²) in [5, 5.41) is 21.6. The largest absolute Gasteiger partial charge is 0.463 e. The van der Waals surface area contributed by atoms with Gasteiger partial charge in [0, 0.05) is 13.8 Å². The number of hydrogen-bond acceptors (Lipinski definition) is 8. The van der Waals surface area contributed by atoms with Crippen molar-refractivity contribution >= 4 is 28.6 Å². The molecule has 0 fully saturated rings. The normalized spacial score (nSPS) is 17.2. The van der Waals surface area contributed by atoms with Gasteiger partial charge in [0.25, 0.3) is 0 Å². The summed E-state index contributed by atoms with van der Waals surface area (Å²) in [6, 6.07) is 0. The second-order valence-corrected chi connectivity index (χ2v) is 21.3. The number of aliphatic hydroxyl groups excluding tert-OH is 2. The molecule has 0 aromatic carbocycles. The van der Waals surface area contributed by atoms with E-state index in [1.165, 1.54) is 13.8 Å². The van der Waals surface area contributed by atoms with Gasteiger partial charge < -0.3 is 28.5 Å². The number of hydrogen-bond donors (Lipinski definition) is 2. The molecule has 0 saturated heterocycles. The lowest BCUT2D eigenvalue weighted by Gasteiger charge is -2.46. The molecular formula is C24H48O8Si2. The molecule has 8 nitrogen and oxygen atoms in total. The van der Waals surface area contributed by atoms with Crippen LogP contribution in [0.1, 0.15) is 55.4 Å². The van der Waals surface area contributed by atoms with Gasteiger partial charge in [-0.1, -0.05) is 47.6 Å². The average molecular weight is 521 g/mol. The van der Waals surface area contributed by atoms with Crippen molar-refractivity contribution in [1.29, 1.82) is 0 Å². The number of aliphatic hydroxyl groups is 2. The van der Waals surface area contributed by atoms with Crippen LogP contribution in [0, 0.1) is 0 Å².